The highest BCUT2D eigenvalue weighted by molar-refractivity contribution is 5.81. The Hall–Kier alpha value is -1.10. The van der Waals surface area contributed by atoms with E-state index in [1.807, 2.05) is 0 Å². The standard InChI is InChI=1S/C21H41NO4/c1-2-3-4-5-6-7-8-9-10-11-12-13-14-16-20(24)22(17-15-18-23)19-21(25)26/h23H,2-19H2,1H3,(H,25,26). The Labute approximate surface area is 160 Å². The highest BCUT2D eigenvalue weighted by Crippen LogP contribution is 2.13. The van der Waals surface area contributed by atoms with Crippen LogP contribution >= 0.6 is 0 Å². The molecule has 0 radical (unpaired) electrons. The summed E-state index contributed by atoms with van der Waals surface area (Å²) in [7, 11) is 0. The van der Waals surface area contributed by atoms with E-state index in [4.69, 9.17) is 10.2 Å². The number of aliphatic hydroxyl groups excluding tert-OH is 1. The first-order valence-electron chi connectivity index (χ1n) is 10.7. The van der Waals surface area contributed by atoms with Gasteiger partial charge in [-0.3, -0.25) is 9.59 Å². The highest BCUT2D eigenvalue weighted by Gasteiger charge is 2.15. The number of aliphatic carboxylic acids is 1. The van der Waals surface area contributed by atoms with Crippen LogP contribution in [-0.4, -0.2) is 46.7 Å². The minimum atomic E-state index is -0.998. The molecule has 0 fully saturated rings. The zero-order chi connectivity index (χ0) is 19.5. The predicted octanol–water partition coefficient (Wildman–Crippen LogP) is 4.76. The molecule has 0 aromatic heterocycles. The van der Waals surface area contributed by atoms with E-state index in [1.165, 1.54) is 69.1 Å². The molecule has 0 spiro atoms. The van der Waals surface area contributed by atoms with E-state index in [0.29, 0.717) is 19.4 Å². The van der Waals surface area contributed by atoms with Crippen molar-refractivity contribution in [2.75, 3.05) is 19.7 Å². The van der Waals surface area contributed by atoms with Crippen LogP contribution < -0.4 is 0 Å². The van der Waals surface area contributed by atoms with Gasteiger partial charge in [0.1, 0.15) is 6.54 Å². The number of carbonyl (C=O) groups is 2. The van der Waals surface area contributed by atoms with Gasteiger partial charge in [-0.1, -0.05) is 84.0 Å². The molecule has 0 unspecified atom stereocenters. The van der Waals surface area contributed by atoms with Gasteiger partial charge in [-0.05, 0) is 12.8 Å². The van der Waals surface area contributed by atoms with Gasteiger partial charge in [-0.2, -0.15) is 0 Å². The molecule has 0 aliphatic carbocycles. The summed E-state index contributed by atoms with van der Waals surface area (Å²) < 4.78 is 0. The lowest BCUT2D eigenvalue weighted by atomic mass is 10.0. The van der Waals surface area contributed by atoms with Crippen molar-refractivity contribution in [3.63, 3.8) is 0 Å². The van der Waals surface area contributed by atoms with Crippen LogP contribution in [0.4, 0.5) is 0 Å². The number of aliphatic hydroxyl groups is 1. The fourth-order valence-electron chi connectivity index (χ4n) is 3.17. The van der Waals surface area contributed by atoms with E-state index in [1.54, 1.807) is 0 Å². The molecule has 0 atom stereocenters. The summed E-state index contributed by atoms with van der Waals surface area (Å²) in [5.74, 6) is -1.11. The summed E-state index contributed by atoms with van der Waals surface area (Å²) in [6.45, 7) is 2.28. The van der Waals surface area contributed by atoms with Crippen molar-refractivity contribution in [1.29, 1.82) is 0 Å². The maximum Gasteiger partial charge on any atom is 0.323 e. The topological polar surface area (TPSA) is 77.8 Å². The molecular weight excluding hydrogens is 330 g/mol. The lowest BCUT2D eigenvalue weighted by molar-refractivity contribution is -0.144. The van der Waals surface area contributed by atoms with Crippen molar-refractivity contribution in [2.24, 2.45) is 0 Å². The molecule has 0 aliphatic heterocycles. The van der Waals surface area contributed by atoms with Crippen molar-refractivity contribution in [1.82, 2.24) is 4.90 Å². The predicted molar refractivity (Wildman–Crippen MR) is 106 cm³/mol. The molecule has 0 rings (SSSR count). The molecule has 5 heteroatoms. The van der Waals surface area contributed by atoms with E-state index >= 15 is 0 Å². The Morgan fingerprint density at radius 2 is 1.19 bits per heavy atom. The number of nitrogens with zero attached hydrogens (tertiary/aromatic N) is 1. The normalized spacial score (nSPS) is 10.8. The summed E-state index contributed by atoms with van der Waals surface area (Å²) in [5.41, 5.74) is 0. The summed E-state index contributed by atoms with van der Waals surface area (Å²) in [5, 5.41) is 17.7. The molecule has 0 saturated carbocycles. The number of hydrogen-bond acceptors (Lipinski definition) is 3. The number of carboxylic acids is 1. The van der Waals surface area contributed by atoms with Gasteiger partial charge in [0.2, 0.25) is 5.91 Å². The quantitative estimate of drug-likeness (QED) is 0.321. The van der Waals surface area contributed by atoms with Gasteiger partial charge in [0, 0.05) is 19.6 Å². The van der Waals surface area contributed by atoms with Gasteiger partial charge in [0.15, 0.2) is 0 Å². The summed E-state index contributed by atoms with van der Waals surface area (Å²) in [6, 6.07) is 0. The lowest BCUT2D eigenvalue weighted by Crippen LogP contribution is -2.36. The van der Waals surface area contributed by atoms with Crippen molar-refractivity contribution in [3.8, 4) is 0 Å². The number of carbonyl (C=O) groups excluding carboxylic acids is 1. The second kappa shape index (κ2) is 18.7. The van der Waals surface area contributed by atoms with Crippen LogP contribution in [0.25, 0.3) is 0 Å². The number of amides is 1. The molecular formula is C21H41NO4. The second-order valence-corrected chi connectivity index (χ2v) is 7.28. The third-order valence-electron chi connectivity index (χ3n) is 4.76. The van der Waals surface area contributed by atoms with Gasteiger partial charge < -0.3 is 15.1 Å². The summed E-state index contributed by atoms with van der Waals surface area (Å²) >= 11 is 0. The van der Waals surface area contributed by atoms with E-state index in [0.717, 1.165) is 19.3 Å². The number of unbranched alkanes of at least 4 members (excludes halogenated alkanes) is 12. The van der Waals surface area contributed by atoms with E-state index in [9.17, 15) is 9.59 Å². The molecule has 154 valence electrons. The first-order chi connectivity index (χ1) is 12.6. The second-order valence-electron chi connectivity index (χ2n) is 7.28. The first-order valence-corrected chi connectivity index (χ1v) is 10.7. The van der Waals surface area contributed by atoms with Crippen molar-refractivity contribution in [2.45, 2.75) is 103 Å². The van der Waals surface area contributed by atoms with Gasteiger partial charge in [-0.25, -0.2) is 0 Å². The zero-order valence-corrected chi connectivity index (χ0v) is 16.9. The molecule has 2 N–H and O–H groups in total. The monoisotopic (exact) mass is 371 g/mol. The Morgan fingerprint density at radius 3 is 1.62 bits per heavy atom. The SMILES string of the molecule is CCCCCCCCCCCCCCCC(=O)N(CCCO)CC(=O)O. The Kier molecular flexibility index (Phi) is 17.9. The smallest absolute Gasteiger partial charge is 0.323 e. The van der Waals surface area contributed by atoms with Crippen LogP contribution in [0.1, 0.15) is 103 Å². The number of rotatable bonds is 19. The maximum atomic E-state index is 12.1. The van der Waals surface area contributed by atoms with Gasteiger partial charge in [0.25, 0.3) is 0 Å². The van der Waals surface area contributed by atoms with Crippen LogP contribution in [0.15, 0.2) is 0 Å². The zero-order valence-electron chi connectivity index (χ0n) is 16.9. The third kappa shape index (κ3) is 16.4. The molecule has 0 heterocycles. The van der Waals surface area contributed by atoms with Crippen molar-refractivity contribution in [3.05, 3.63) is 0 Å². The molecule has 0 aromatic rings. The minimum Gasteiger partial charge on any atom is -0.480 e. The Bertz CT molecular complexity index is 347. The first kappa shape index (κ1) is 24.9. The van der Waals surface area contributed by atoms with Crippen LogP contribution in [0.2, 0.25) is 0 Å². The maximum absolute atomic E-state index is 12.1. The molecule has 0 bridgehead atoms. The molecule has 26 heavy (non-hydrogen) atoms. The van der Waals surface area contributed by atoms with Crippen molar-refractivity contribution < 1.29 is 19.8 Å². The Balaban J connectivity index is 3.51. The fraction of sp³-hybridized carbons (Fsp3) is 0.905. The molecule has 0 saturated heterocycles. The van der Waals surface area contributed by atoms with Crippen LogP contribution in [0.3, 0.4) is 0 Å². The molecule has 0 aliphatic rings. The van der Waals surface area contributed by atoms with Gasteiger partial charge in [0.05, 0.1) is 0 Å². The highest BCUT2D eigenvalue weighted by atomic mass is 16.4. The van der Waals surface area contributed by atoms with Crippen LogP contribution in [0, 0.1) is 0 Å². The average molecular weight is 372 g/mol. The van der Waals surface area contributed by atoms with E-state index in [-0.39, 0.29) is 19.1 Å². The fourth-order valence-corrected chi connectivity index (χ4v) is 3.17. The van der Waals surface area contributed by atoms with Gasteiger partial charge >= 0.3 is 5.97 Å². The van der Waals surface area contributed by atoms with Crippen molar-refractivity contribution >= 4 is 11.9 Å². The van der Waals surface area contributed by atoms with E-state index in [2.05, 4.69) is 6.92 Å². The number of carboxylic acid groups (broad SMARTS) is 1. The van der Waals surface area contributed by atoms with Gasteiger partial charge in [-0.15, -0.1) is 0 Å². The third-order valence-corrected chi connectivity index (χ3v) is 4.76. The lowest BCUT2D eigenvalue weighted by Gasteiger charge is -2.20. The molecule has 0 aromatic carbocycles. The summed E-state index contributed by atoms with van der Waals surface area (Å²) in [4.78, 5) is 24.2. The largest absolute Gasteiger partial charge is 0.480 e. The van der Waals surface area contributed by atoms with Crippen LogP contribution in [0.5, 0.6) is 0 Å². The van der Waals surface area contributed by atoms with E-state index < -0.39 is 5.97 Å². The minimum absolute atomic E-state index is 0.0257. The molecule has 5 nitrogen and oxygen atoms in total. The summed E-state index contributed by atoms with van der Waals surface area (Å²) in [6.07, 6.45) is 17.2. The van der Waals surface area contributed by atoms with Crippen LogP contribution in [-0.2, 0) is 9.59 Å². The average Bonchev–Trinajstić information content (AvgIpc) is 2.62. The Morgan fingerprint density at radius 1 is 0.731 bits per heavy atom. The number of hydrogen-bond donors (Lipinski definition) is 2. The molecule has 1 amide bonds.